The maximum absolute atomic E-state index is 12.3. The predicted molar refractivity (Wildman–Crippen MR) is 105 cm³/mol. The molecule has 3 amide bonds. The molecule has 2 N–H and O–H groups in total. The molecular formula is C19H17N5O3S. The summed E-state index contributed by atoms with van der Waals surface area (Å²) in [5, 5.41) is 7.33. The number of cyclic esters (lactones) is 1. The molecule has 8 nitrogen and oxygen atoms in total. The van der Waals surface area contributed by atoms with E-state index < -0.39 is 12.1 Å². The summed E-state index contributed by atoms with van der Waals surface area (Å²) in [7, 11) is 0. The van der Waals surface area contributed by atoms with Gasteiger partial charge in [-0.2, -0.15) is 0 Å². The van der Waals surface area contributed by atoms with E-state index >= 15 is 0 Å². The van der Waals surface area contributed by atoms with E-state index in [1.165, 1.54) is 11.1 Å². The van der Waals surface area contributed by atoms with E-state index in [2.05, 4.69) is 20.6 Å². The van der Waals surface area contributed by atoms with Crippen LogP contribution in [-0.2, 0) is 11.3 Å². The van der Waals surface area contributed by atoms with Gasteiger partial charge in [0.1, 0.15) is 5.82 Å². The number of nitrogens with one attached hydrogen (secondary N) is 2. The van der Waals surface area contributed by atoms with Crippen molar-refractivity contribution >= 4 is 35.0 Å². The number of pyridine rings is 2. The summed E-state index contributed by atoms with van der Waals surface area (Å²) in [5.41, 5.74) is 1.36. The van der Waals surface area contributed by atoms with Crippen LogP contribution < -0.4 is 15.5 Å². The van der Waals surface area contributed by atoms with Crippen molar-refractivity contribution in [3.8, 4) is 0 Å². The van der Waals surface area contributed by atoms with Crippen molar-refractivity contribution in [1.82, 2.24) is 15.3 Å². The lowest BCUT2D eigenvalue weighted by atomic mass is 10.2. The fourth-order valence-electron chi connectivity index (χ4n) is 2.79. The predicted octanol–water partition coefficient (Wildman–Crippen LogP) is 3.56. The van der Waals surface area contributed by atoms with Crippen LogP contribution in [0.4, 0.5) is 21.1 Å². The number of carbonyl (C=O) groups excluding carboxylic acids is 2. The number of hydrogen-bond acceptors (Lipinski definition) is 6. The van der Waals surface area contributed by atoms with Gasteiger partial charge >= 0.3 is 12.1 Å². The third-order valence-electron chi connectivity index (χ3n) is 4.13. The smallest absolute Gasteiger partial charge is 0.415 e. The van der Waals surface area contributed by atoms with E-state index in [0.717, 1.165) is 10.6 Å². The topological polar surface area (TPSA) is 96.5 Å². The molecule has 9 heteroatoms. The molecular weight excluding hydrogens is 378 g/mol. The highest BCUT2D eigenvalue weighted by atomic mass is 32.1. The van der Waals surface area contributed by atoms with Gasteiger partial charge in [0.15, 0.2) is 6.10 Å². The monoisotopic (exact) mass is 395 g/mol. The second-order valence-electron chi connectivity index (χ2n) is 6.03. The van der Waals surface area contributed by atoms with Crippen molar-refractivity contribution in [2.75, 3.05) is 16.8 Å². The first-order valence-corrected chi connectivity index (χ1v) is 9.49. The zero-order valence-corrected chi connectivity index (χ0v) is 15.6. The summed E-state index contributed by atoms with van der Waals surface area (Å²) in [6.07, 6.45) is 2.49. The van der Waals surface area contributed by atoms with Crippen LogP contribution >= 0.6 is 11.3 Å². The Morgan fingerprint density at radius 3 is 2.93 bits per heavy atom. The quantitative estimate of drug-likeness (QED) is 0.689. The van der Waals surface area contributed by atoms with Crippen LogP contribution in [0, 0.1) is 0 Å². The molecule has 28 heavy (non-hydrogen) atoms. The fraction of sp³-hybridized carbons (Fsp3) is 0.158. The summed E-state index contributed by atoms with van der Waals surface area (Å²) in [4.78, 5) is 35.2. The molecule has 142 valence electrons. The van der Waals surface area contributed by atoms with Gasteiger partial charge in [0.25, 0.3) is 0 Å². The molecule has 0 bridgehead atoms. The van der Waals surface area contributed by atoms with Crippen LogP contribution in [0.25, 0.3) is 0 Å². The fourth-order valence-corrected chi connectivity index (χ4v) is 3.53. The first-order chi connectivity index (χ1) is 13.7. The Bertz CT molecular complexity index is 965. The molecule has 0 aliphatic carbocycles. The van der Waals surface area contributed by atoms with Gasteiger partial charge in [-0.05, 0) is 29.6 Å². The second-order valence-corrected chi connectivity index (χ2v) is 7.01. The standard InChI is InChI=1S/C19H17N5O3S/c25-18(22-11-13-4-1-2-7-20-13)23-17-10-14(6-8-21-17)24-12-15(27-19(24)26)16-5-3-9-28-16/h1-10,15H,11-12H2,(H2,21,22,23,25). The molecule has 1 saturated heterocycles. The van der Waals surface area contributed by atoms with Crippen molar-refractivity contribution in [3.05, 3.63) is 70.8 Å². The Kier molecular flexibility index (Phi) is 5.16. The Morgan fingerprint density at radius 1 is 1.21 bits per heavy atom. The molecule has 4 heterocycles. The van der Waals surface area contributed by atoms with Gasteiger partial charge in [-0.15, -0.1) is 11.3 Å². The minimum absolute atomic E-state index is 0.293. The largest absolute Gasteiger partial charge is 0.438 e. The van der Waals surface area contributed by atoms with Crippen LogP contribution in [0.15, 0.2) is 60.2 Å². The van der Waals surface area contributed by atoms with E-state index in [4.69, 9.17) is 4.74 Å². The maximum Gasteiger partial charge on any atom is 0.415 e. The van der Waals surface area contributed by atoms with Gasteiger partial charge in [-0.3, -0.25) is 15.2 Å². The molecule has 1 aliphatic rings. The van der Waals surface area contributed by atoms with Gasteiger partial charge < -0.3 is 10.1 Å². The minimum Gasteiger partial charge on any atom is -0.438 e. The first-order valence-electron chi connectivity index (χ1n) is 8.61. The lowest BCUT2D eigenvalue weighted by molar-refractivity contribution is 0.144. The van der Waals surface area contributed by atoms with Gasteiger partial charge in [-0.1, -0.05) is 12.1 Å². The zero-order chi connectivity index (χ0) is 19.3. The summed E-state index contributed by atoms with van der Waals surface area (Å²) < 4.78 is 5.45. The highest BCUT2D eigenvalue weighted by Crippen LogP contribution is 2.32. The van der Waals surface area contributed by atoms with Crippen LogP contribution in [0.2, 0.25) is 0 Å². The van der Waals surface area contributed by atoms with Crippen molar-refractivity contribution in [3.63, 3.8) is 0 Å². The Hall–Kier alpha value is -3.46. The Balaban J connectivity index is 1.39. The number of nitrogens with zero attached hydrogens (tertiary/aromatic N) is 3. The molecule has 3 aromatic rings. The lowest BCUT2D eigenvalue weighted by Crippen LogP contribution is -2.29. The third-order valence-corrected chi connectivity index (χ3v) is 5.09. The van der Waals surface area contributed by atoms with Crippen LogP contribution in [0.5, 0.6) is 0 Å². The lowest BCUT2D eigenvalue weighted by Gasteiger charge is -2.14. The molecule has 4 rings (SSSR count). The van der Waals surface area contributed by atoms with E-state index in [0.29, 0.717) is 24.6 Å². The molecule has 1 fully saturated rings. The maximum atomic E-state index is 12.3. The number of ether oxygens (including phenoxy) is 1. The van der Waals surface area contributed by atoms with Gasteiger partial charge in [0, 0.05) is 23.3 Å². The second kappa shape index (κ2) is 8.05. The Labute approximate surface area is 165 Å². The highest BCUT2D eigenvalue weighted by Gasteiger charge is 2.34. The molecule has 1 aliphatic heterocycles. The van der Waals surface area contributed by atoms with E-state index in [1.807, 2.05) is 35.7 Å². The number of carbonyl (C=O) groups is 2. The van der Waals surface area contributed by atoms with Crippen LogP contribution in [-0.4, -0.2) is 28.6 Å². The van der Waals surface area contributed by atoms with Gasteiger partial charge in [0.2, 0.25) is 0 Å². The number of urea groups is 1. The summed E-state index contributed by atoms with van der Waals surface area (Å²) >= 11 is 1.55. The van der Waals surface area contributed by atoms with Crippen molar-refractivity contribution in [2.24, 2.45) is 0 Å². The number of amides is 3. The molecule has 1 unspecified atom stereocenters. The summed E-state index contributed by atoms with van der Waals surface area (Å²) in [6, 6.07) is 12.3. The number of thiophene rings is 1. The average molecular weight is 395 g/mol. The minimum atomic E-state index is -0.421. The summed E-state index contributed by atoms with van der Waals surface area (Å²) in [5.74, 6) is 0.336. The Morgan fingerprint density at radius 2 is 2.14 bits per heavy atom. The van der Waals surface area contributed by atoms with E-state index in [1.54, 1.807) is 29.7 Å². The van der Waals surface area contributed by atoms with Crippen molar-refractivity contribution in [2.45, 2.75) is 12.6 Å². The van der Waals surface area contributed by atoms with Crippen LogP contribution in [0.1, 0.15) is 16.7 Å². The zero-order valence-electron chi connectivity index (χ0n) is 14.7. The van der Waals surface area contributed by atoms with Crippen LogP contribution in [0.3, 0.4) is 0 Å². The van der Waals surface area contributed by atoms with E-state index in [9.17, 15) is 9.59 Å². The molecule has 1 atom stereocenters. The molecule has 0 spiro atoms. The number of rotatable bonds is 5. The van der Waals surface area contributed by atoms with Gasteiger partial charge in [-0.25, -0.2) is 14.6 Å². The number of anilines is 2. The molecule has 0 saturated carbocycles. The molecule has 0 radical (unpaired) electrons. The highest BCUT2D eigenvalue weighted by molar-refractivity contribution is 7.10. The van der Waals surface area contributed by atoms with Crippen molar-refractivity contribution < 1.29 is 14.3 Å². The van der Waals surface area contributed by atoms with Crippen molar-refractivity contribution in [1.29, 1.82) is 0 Å². The molecule has 3 aromatic heterocycles. The average Bonchev–Trinajstić information content (AvgIpc) is 3.37. The normalized spacial score (nSPS) is 15.9. The van der Waals surface area contributed by atoms with Gasteiger partial charge in [0.05, 0.1) is 24.5 Å². The molecule has 0 aromatic carbocycles. The summed E-state index contributed by atoms with van der Waals surface area (Å²) in [6.45, 7) is 0.710. The number of aromatic nitrogens is 2. The van der Waals surface area contributed by atoms with E-state index in [-0.39, 0.29) is 6.10 Å². The first kappa shape index (κ1) is 17.9. The third kappa shape index (κ3) is 4.09. The number of hydrogen-bond donors (Lipinski definition) is 2. The SMILES string of the molecule is O=C(NCc1ccccn1)Nc1cc(N2CC(c3cccs3)OC2=O)ccn1.